The highest BCUT2D eigenvalue weighted by Gasteiger charge is 2.50. The summed E-state index contributed by atoms with van der Waals surface area (Å²) in [4.78, 5) is 71.8. The van der Waals surface area contributed by atoms with E-state index in [1.54, 1.807) is 116 Å². The first-order chi connectivity index (χ1) is 35.0. The van der Waals surface area contributed by atoms with Crippen LogP contribution < -0.4 is 20.5 Å². The molecule has 2 aromatic heterocycles. The lowest BCUT2D eigenvalue weighted by molar-refractivity contribution is -0.189. The molecular formula is C55H61N7O11. The Labute approximate surface area is 422 Å². The molecule has 4 aromatic carbocycles. The third-order valence-electron chi connectivity index (χ3n) is 12.6. The van der Waals surface area contributed by atoms with Gasteiger partial charge < -0.3 is 44.3 Å². The van der Waals surface area contributed by atoms with Gasteiger partial charge in [0.15, 0.2) is 0 Å². The number of rotatable bonds is 14. The molecule has 18 nitrogen and oxygen atoms in total. The molecule has 2 aliphatic heterocycles. The van der Waals surface area contributed by atoms with Crippen LogP contribution in [0.1, 0.15) is 104 Å². The van der Waals surface area contributed by atoms with Crippen molar-refractivity contribution in [3.8, 4) is 34.4 Å². The number of carbonyl (C=O) groups excluding carboxylic acids is 4. The fourth-order valence-corrected chi connectivity index (χ4v) is 8.87. The average molecular weight is 996 g/mol. The molecule has 0 saturated carbocycles. The van der Waals surface area contributed by atoms with Crippen LogP contribution in [0.3, 0.4) is 0 Å². The molecule has 0 aliphatic carbocycles. The molecule has 0 fully saturated rings. The second kappa shape index (κ2) is 23.2. The number of aliphatic hydroxyl groups excluding tert-OH is 1. The number of phenols is 2. The van der Waals surface area contributed by atoms with Gasteiger partial charge in [0.05, 0.1) is 35.4 Å². The summed E-state index contributed by atoms with van der Waals surface area (Å²) in [5, 5.41) is 48.0. The number of esters is 2. The summed E-state index contributed by atoms with van der Waals surface area (Å²) in [6, 6.07) is 25.0. The largest absolute Gasteiger partial charge is 0.508 e. The molecule has 382 valence electrons. The van der Waals surface area contributed by atoms with Crippen molar-refractivity contribution in [3.05, 3.63) is 140 Å². The van der Waals surface area contributed by atoms with Gasteiger partial charge in [0.25, 0.3) is 11.5 Å². The van der Waals surface area contributed by atoms with Gasteiger partial charge in [-0.1, -0.05) is 27.7 Å². The van der Waals surface area contributed by atoms with Crippen molar-refractivity contribution in [2.24, 2.45) is 0 Å². The molecule has 6 N–H and O–H groups in total. The van der Waals surface area contributed by atoms with Crippen molar-refractivity contribution < 1.29 is 48.7 Å². The van der Waals surface area contributed by atoms with E-state index in [0.717, 1.165) is 30.2 Å². The Kier molecular flexibility index (Phi) is 17.2. The number of benzene rings is 4. The van der Waals surface area contributed by atoms with Crippen LogP contribution in [-0.4, -0.2) is 92.9 Å². The molecule has 0 spiro atoms. The van der Waals surface area contributed by atoms with Crippen LogP contribution in [0.15, 0.2) is 95.8 Å². The van der Waals surface area contributed by atoms with Crippen LogP contribution in [0.25, 0.3) is 22.3 Å². The minimum atomic E-state index is -1.90. The summed E-state index contributed by atoms with van der Waals surface area (Å²) in [6.45, 7) is 11.7. The molecule has 2 amide bonds. The van der Waals surface area contributed by atoms with Gasteiger partial charge in [-0.2, -0.15) is 0 Å². The van der Waals surface area contributed by atoms with E-state index in [1.165, 1.54) is 9.80 Å². The summed E-state index contributed by atoms with van der Waals surface area (Å²) in [7, 11) is 2.55. The van der Waals surface area contributed by atoms with Gasteiger partial charge in [-0.3, -0.25) is 34.9 Å². The minimum Gasteiger partial charge on any atom is -0.508 e. The van der Waals surface area contributed by atoms with Crippen molar-refractivity contribution in [3.63, 3.8) is 0 Å². The number of aromatic hydroxyl groups is 2. The van der Waals surface area contributed by atoms with Crippen LogP contribution in [0.2, 0.25) is 0 Å². The Morgan fingerprint density at radius 1 is 0.918 bits per heavy atom. The van der Waals surface area contributed by atoms with Crippen molar-refractivity contribution in [2.45, 2.75) is 85.5 Å². The number of nitrogens with one attached hydrogen (secondary N) is 3. The van der Waals surface area contributed by atoms with Gasteiger partial charge in [0.1, 0.15) is 41.3 Å². The number of carbonyl (C=O) groups is 4. The van der Waals surface area contributed by atoms with Crippen LogP contribution in [0.4, 0.5) is 5.69 Å². The fourth-order valence-electron chi connectivity index (χ4n) is 8.87. The number of cyclic esters (lactones) is 1. The molecule has 6 aromatic rings. The summed E-state index contributed by atoms with van der Waals surface area (Å²) >= 11 is 0. The minimum absolute atomic E-state index is 0.00874. The third-order valence-corrected chi connectivity index (χ3v) is 12.6. The van der Waals surface area contributed by atoms with E-state index in [2.05, 4.69) is 5.32 Å². The number of ether oxygens (including phenoxy) is 3. The SMILES string of the molecule is CCNC=O.CCc1c2c(nc3ccc(O)cc13)-c1cc3c(c(=O)n1C2)COC(=O)C3(CC)OC(=O)CCN(C)C(=O)c1ccc(Oc2ccc(N(C(C)=N)C(=N)c3ccc(O)c(C(C)C)c3)cc2)cc1.CO. The van der Waals surface area contributed by atoms with E-state index in [-0.39, 0.29) is 84.2 Å². The number of aryl methyl sites for hydroxylation is 1. The number of nitrogens with zero attached hydrogens (tertiary/aromatic N) is 4. The highest BCUT2D eigenvalue weighted by atomic mass is 16.6. The summed E-state index contributed by atoms with van der Waals surface area (Å²) in [5.74, 6) is -0.441. The fraction of sp³-hybridized carbons (Fsp3) is 0.309. The first-order valence-corrected chi connectivity index (χ1v) is 23.8. The second-order valence-electron chi connectivity index (χ2n) is 17.5. The van der Waals surface area contributed by atoms with Gasteiger partial charge in [-0.25, -0.2) is 9.78 Å². The zero-order valence-electron chi connectivity index (χ0n) is 42.2. The van der Waals surface area contributed by atoms with Crippen molar-refractivity contribution in [1.82, 2.24) is 19.8 Å². The maximum atomic E-state index is 14.1. The monoisotopic (exact) mass is 995 g/mol. The van der Waals surface area contributed by atoms with Crippen LogP contribution in [0.5, 0.6) is 23.0 Å². The van der Waals surface area contributed by atoms with Crippen molar-refractivity contribution in [1.29, 1.82) is 10.8 Å². The van der Waals surface area contributed by atoms with Gasteiger partial charge >= 0.3 is 11.9 Å². The van der Waals surface area contributed by atoms with Crippen LogP contribution in [0, 0.1) is 10.8 Å². The molecular weight excluding hydrogens is 935 g/mol. The molecule has 2 aliphatic rings. The molecule has 18 heteroatoms. The molecule has 4 heterocycles. The summed E-state index contributed by atoms with van der Waals surface area (Å²) in [5.41, 5.74) is 3.90. The third kappa shape index (κ3) is 11.1. The maximum Gasteiger partial charge on any atom is 0.355 e. The number of aromatic nitrogens is 2. The molecule has 73 heavy (non-hydrogen) atoms. The maximum absolute atomic E-state index is 14.1. The van der Waals surface area contributed by atoms with Gasteiger partial charge in [0, 0.05) is 60.6 Å². The van der Waals surface area contributed by atoms with E-state index in [1.807, 2.05) is 27.7 Å². The first-order valence-electron chi connectivity index (χ1n) is 23.8. The Balaban J connectivity index is 0.00000117. The topological polar surface area (TPSA) is 258 Å². The molecule has 0 radical (unpaired) electrons. The highest BCUT2D eigenvalue weighted by molar-refractivity contribution is 6.22. The summed E-state index contributed by atoms with van der Waals surface area (Å²) < 4.78 is 19.1. The molecule has 0 saturated heterocycles. The lowest BCUT2D eigenvalue weighted by atomic mass is 9.85. The Morgan fingerprint density at radius 3 is 2.16 bits per heavy atom. The van der Waals surface area contributed by atoms with E-state index < -0.39 is 17.5 Å². The smallest absolute Gasteiger partial charge is 0.355 e. The Hall–Kier alpha value is -8.38. The Bertz CT molecular complexity index is 3130. The molecule has 8 rings (SSSR count). The zero-order chi connectivity index (χ0) is 53.3. The van der Waals surface area contributed by atoms with Gasteiger partial charge in [0.2, 0.25) is 12.0 Å². The number of amidine groups is 2. The average Bonchev–Trinajstić information content (AvgIpc) is 3.75. The zero-order valence-corrected chi connectivity index (χ0v) is 42.2. The first kappa shape index (κ1) is 54.0. The van der Waals surface area contributed by atoms with E-state index in [4.69, 9.17) is 35.1 Å². The predicted octanol–water partition coefficient (Wildman–Crippen LogP) is 7.87. The number of fused-ring (bicyclic) bond motifs is 5. The van der Waals surface area contributed by atoms with Gasteiger partial charge in [-0.15, -0.1) is 0 Å². The van der Waals surface area contributed by atoms with Crippen LogP contribution in [-0.2, 0) is 49.0 Å². The number of aliphatic hydroxyl groups is 1. The Morgan fingerprint density at radius 2 is 1.58 bits per heavy atom. The predicted molar refractivity (Wildman–Crippen MR) is 277 cm³/mol. The van der Waals surface area contributed by atoms with E-state index >= 15 is 0 Å². The number of hydrogen-bond acceptors (Lipinski definition) is 14. The van der Waals surface area contributed by atoms with E-state index in [9.17, 15) is 34.2 Å². The lowest BCUT2D eigenvalue weighted by Gasteiger charge is -2.35. The quantitative estimate of drug-likeness (QED) is 0.0263. The normalized spacial score (nSPS) is 13.9. The molecule has 1 unspecified atom stereocenters. The van der Waals surface area contributed by atoms with E-state index in [0.29, 0.717) is 63.6 Å². The number of hydrogen-bond donors (Lipinski definition) is 6. The van der Waals surface area contributed by atoms with Crippen molar-refractivity contribution in [2.75, 3.05) is 32.1 Å². The number of pyridine rings is 2. The van der Waals surface area contributed by atoms with Gasteiger partial charge in [-0.05, 0) is 135 Å². The highest BCUT2D eigenvalue weighted by Crippen LogP contribution is 2.43. The number of phenolic OH excluding ortho intramolecular Hbond substituents is 2. The second-order valence-corrected chi connectivity index (χ2v) is 17.5. The lowest BCUT2D eigenvalue weighted by Crippen LogP contribution is -2.47. The summed E-state index contributed by atoms with van der Waals surface area (Å²) in [6.07, 6.45) is 1.05. The number of amides is 2. The number of anilines is 1. The molecule has 1 atom stereocenters. The molecule has 0 bridgehead atoms. The van der Waals surface area contributed by atoms with Crippen LogP contribution >= 0.6 is 0 Å². The standard InChI is InChI=1S/C51H50N6O9.C3H7NO.CH4O/c1-7-36-38-24-33(58)14-19-42(38)54-46-39(36)26-56-43(46)25-41-40(49(56)62)27-64-50(63)51(41,8-2)66-45(60)21-22-55(6)48(61)30-9-15-34(16-10-30)65-35-17-12-32(13-18-35)57(29(5)52)47(53)31-11-20-44(59)37(23-31)28(3)4;1-2-4-3-5;1-2/h9-20,23-25,28,52-53,58-59H,7-8,21-22,26-27H2,1-6H3;3H,2H2,1H3,(H,4,5);2H,1H3. The van der Waals surface area contributed by atoms with Crippen molar-refractivity contribution >= 4 is 52.5 Å².